The number of hydrogen-bond acceptors (Lipinski definition) is 5. The van der Waals surface area contributed by atoms with Gasteiger partial charge < -0.3 is 18.5 Å². The first-order valence-corrected chi connectivity index (χ1v) is 8.44. The van der Waals surface area contributed by atoms with Crippen LogP contribution in [0.15, 0.2) is 45.8 Å². The Morgan fingerprint density at radius 2 is 2.24 bits per heavy atom. The van der Waals surface area contributed by atoms with Crippen molar-refractivity contribution >= 4 is 16.9 Å². The molecule has 0 saturated carbocycles. The van der Waals surface area contributed by atoms with Gasteiger partial charge in [0.1, 0.15) is 5.58 Å². The van der Waals surface area contributed by atoms with Gasteiger partial charge in [0.25, 0.3) is 5.91 Å². The highest BCUT2D eigenvalue weighted by Gasteiger charge is 2.27. The van der Waals surface area contributed by atoms with Gasteiger partial charge in [-0.1, -0.05) is 12.1 Å². The van der Waals surface area contributed by atoms with Crippen molar-refractivity contribution in [3.05, 3.63) is 53.9 Å². The van der Waals surface area contributed by atoms with Crippen LogP contribution in [-0.4, -0.2) is 42.1 Å². The number of hydrogen-bond donors (Lipinski definition) is 0. The Kier molecular flexibility index (Phi) is 4.28. The van der Waals surface area contributed by atoms with Crippen LogP contribution in [0.5, 0.6) is 0 Å². The fraction of sp³-hybridized carbons (Fsp3) is 0.368. The Hall–Kier alpha value is -2.60. The Morgan fingerprint density at radius 3 is 3.08 bits per heavy atom. The molecule has 0 radical (unpaired) electrons. The Bertz CT molecular complexity index is 882. The van der Waals surface area contributed by atoms with E-state index in [1.807, 2.05) is 18.2 Å². The number of ether oxygens (including phenoxy) is 1. The number of carbonyl (C=O) groups excluding carboxylic acids is 1. The molecule has 2 aromatic heterocycles. The third-order valence-electron chi connectivity index (χ3n) is 4.66. The molecular weight excluding hydrogens is 320 g/mol. The van der Waals surface area contributed by atoms with Gasteiger partial charge in [0.05, 0.1) is 25.2 Å². The van der Waals surface area contributed by atoms with Crippen molar-refractivity contribution in [2.75, 3.05) is 26.3 Å². The molecule has 3 aromatic rings. The average molecular weight is 340 g/mol. The molecule has 1 aliphatic heterocycles. The van der Waals surface area contributed by atoms with Crippen molar-refractivity contribution in [2.45, 2.75) is 13.3 Å². The van der Waals surface area contributed by atoms with Crippen LogP contribution < -0.4 is 0 Å². The molecular formula is C19H20N2O4. The van der Waals surface area contributed by atoms with Gasteiger partial charge in [-0.15, -0.1) is 0 Å². The number of aryl methyl sites for hydroxylation is 1. The molecule has 1 unspecified atom stereocenters. The molecule has 0 bridgehead atoms. The van der Waals surface area contributed by atoms with Gasteiger partial charge in [-0.05, 0) is 31.0 Å². The number of rotatable bonds is 3. The summed E-state index contributed by atoms with van der Waals surface area (Å²) in [5.74, 6) is 0.416. The summed E-state index contributed by atoms with van der Waals surface area (Å²) in [6, 6.07) is 8.06. The van der Waals surface area contributed by atoms with E-state index in [4.69, 9.17) is 13.6 Å². The van der Waals surface area contributed by atoms with E-state index in [9.17, 15) is 4.79 Å². The zero-order valence-electron chi connectivity index (χ0n) is 14.1. The Labute approximate surface area is 145 Å². The molecule has 4 rings (SSSR count). The second-order valence-corrected chi connectivity index (χ2v) is 6.41. The number of fused-ring (bicyclic) bond motifs is 1. The van der Waals surface area contributed by atoms with Crippen molar-refractivity contribution in [3.63, 3.8) is 0 Å². The van der Waals surface area contributed by atoms with Crippen LogP contribution >= 0.6 is 0 Å². The predicted molar refractivity (Wildman–Crippen MR) is 91.4 cm³/mol. The summed E-state index contributed by atoms with van der Waals surface area (Å²) >= 11 is 0. The van der Waals surface area contributed by atoms with Gasteiger partial charge in [-0.2, -0.15) is 0 Å². The van der Waals surface area contributed by atoms with Crippen LogP contribution in [0.3, 0.4) is 0 Å². The molecule has 0 spiro atoms. The lowest BCUT2D eigenvalue weighted by atomic mass is 9.97. The number of furan rings is 1. The van der Waals surface area contributed by atoms with Crippen LogP contribution in [0.2, 0.25) is 0 Å². The van der Waals surface area contributed by atoms with Crippen LogP contribution in [0, 0.1) is 12.8 Å². The fourth-order valence-electron chi connectivity index (χ4n) is 3.38. The number of carbonyl (C=O) groups is 1. The summed E-state index contributed by atoms with van der Waals surface area (Å²) < 4.78 is 16.5. The molecule has 3 heterocycles. The summed E-state index contributed by atoms with van der Waals surface area (Å²) in [6.45, 7) is 4.14. The average Bonchev–Trinajstić information content (AvgIpc) is 3.19. The first kappa shape index (κ1) is 15.9. The first-order valence-electron chi connectivity index (χ1n) is 8.44. The molecule has 1 atom stereocenters. The maximum Gasteiger partial charge on any atom is 0.291 e. The maximum atomic E-state index is 12.7. The van der Waals surface area contributed by atoms with E-state index in [1.54, 1.807) is 18.1 Å². The normalized spacial score (nSPS) is 18.4. The van der Waals surface area contributed by atoms with Crippen LogP contribution in [0.1, 0.15) is 21.8 Å². The third-order valence-corrected chi connectivity index (χ3v) is 4.66. The van der Waals surface area contributed by atoms with Crippen molar-refractivity contribution in [1.29, 1.82) is 0 Å². The molecule has 25 heavy (non-hydrogen) atoms. The second kappa shape index (κ2) is 6.72. The summed E-state index contributed by atoms with van der Waals surface area (Å²) in [5.41, 5.74) is 2.72. The Morgan fingerprint density at radius 1 is 1.32 bits per heavy atom. The number of benzene rings is 1. The lowest BCUT2D eigenvalue weighted by Gasteiger charge is -2.23. The SMILES string of the molecule is Cc1ncoc1C(=O)N1CCOCC(Cc2cccc3occc23)C1. The van der Waals surface area contributed by atoms with E-state index < -0.39 is 0 Å². The van der Waals surface area contributed by atoms with Crippen LogP contribution in [-0.2, 0) is 11.2 Å². The summed E-state index contributed by atoms with van der Waals surface area (Å²) in [4.78, 5) is 18.5. The summed E-state index contributed by atoms with van der Waals surface area (Å²) in [5, 5.41) is 1.12. The van der Waals surface area contributed by atoms with E-state index in [2.05, 4.69) is 11.1 Å². The number of amides is 1. The van der Waals surface area contributed by atoms with E-state index in [0.29, 0.717) is 37.8 Å². The minimum absolute atomic E-state index is 0.119. The maximum absolute atomic E-state index is 12.7. The topological polar surface area (TPSA) is 68.7 Å². The van der Waals surface area contributed by atoms with E-state index in [-0.39, 0.29) is 11.8 Å². The van der Waals surface area contributed by atoms with Gasteiger partial charge in [0.15, 0.2) is 6.39 Å². The van der Waals surface area contributed by atoms with Crippen LogP contribution in [0.25, 0.3) is 11.0 Å². The monoisotopic (exact) mass is 340 g/mol. The molecule has 6 nitrogen and oxygen atoms in total. The molecule has 6 heteroatoms. The smallest absolute Gasteiger partial charge is 0.291 e. The van der Waals surface area contributed by atoms with Crippen molar-refractivity contribution in [3.8, 4) is 0 Å². The first-order chi connectivity index (χ1) is 12.2. The number of nitrogens with zero attached hydrogens (tertiary/aromatic N) is 2. The van der Waals surface area contributed by atoms with E-state index in [0.717, 1.165) is 17.4 Å². The van der Waals surface area contributed by atoms with Gasteiger partial charge in [-0.25, -0.2) is 4.98 Å². The van der Waals surface area contributed by atoms with Crippen LogP contribution in [0.4, 0.5) is 0 Å². The molecule has 1 saturated heterocycles. The zero-order chi connectivity index (χ0) is 17.2. The highest BCUT2D eigenvalue weighted by atomic mass is 16.5. The van der Waals surface area contributed by atoms with E-state index >= 15 is 0 Å². The van der Waals surface area contributed by atoms with Crippen molar-refractivity contribution in [1.82, 2.24) is 9.88 Å². The number of oxazole rings is 1. The molecule has 1 aliphatic rings. The lowest BCUT2D eigenvalue weighted by Crippen LogP contribution is -2.36. The summed E-state index contributed by atoms with van der Waals surface area (Å²) in [6.07, 6.45) is 3.85. The standard InChI is InChI=1S/C19H20N2O4/c1-13-18(25-12-20-13)19(22)21-6-8-23-11-14(10-21)9-15-3-2-4-17-16(15)5-7-24-17/h2-5,7,12,14H,6,8-11H2,1H3. The Balaban J connectivity index is 1.53. The zero-order valence-corrected chi connectivity index (χ0v) is 14.1. The highest BCUT2D eigenvalue weighted by Crippen LogP contribution is 2.24. The van der Waals surface area contributed by atoms with E-state index in [1.165, 1.54) is 12.0 Å². The molecule has 1 amide bonds. The summed E-state index contributed by atoms with van der Waals surface area (Å²) in [7, 11) is 0. The quantitative estimate of drug-likeness (QED) is 0.733. The van der Waals surface area contributed by atoms with Crippen molar-refractivity contribution in [2.24, 2.45) is 5.92 Å². The van der Waals surface area contributed by atoms with Crippen molar-refractivity contribution < 1.29 is 18.4 Å². The van der Waals surface area contributed by atoms with Gasteiger partial charge in [0, 0.05) is 24.4 Å². The molecule has 130 valence electrons. The predicted octanol–water partition coefficient (Wildman–Crippen LogP) is 3.06. The molecule has 1 fully saturated rings. The highest BCUT2D eigenvalue weighted by molar-refractivity contribution is 5.92. The van der Waals surface area contributed by atoms with Gasteiger partial charge in [0.2, 0.25) is 5.76 Å². The van der Waals surface area contributed by atoms with Gasteiger partial charge in [-0.3, -0.25) is 4.79 Å². The number of aromatic nitrogens is 1. The van der Waals surface area contributed by atoms with Gasteiger partial charge >= 0.3 is 0 Å². The third kappa shape index (κ3) is 3.17. The minimum atomic E-state index is -0.119. The lowest BCUT2D eigenvalue weighted by molar-refractivity contribution is 0.0704. The molecule has 0 aliphatic carbocycles. The molecule has 0 N–H and O–H groups in total. The fourth-order valence-corrected chi connectivity index (χ4v) is 3.38. The molecule has 1 aromatic carbocycles. The largest absolute Gasteiger partial charge is 0.464 e. The second-order valence-electron chi connectivity index (χ2n) is 6.41. The minimum Gasteiger partial charge on any atom is -0.464 e.